The SMILES string of the molecule is Oc1c(Cl)cc(NCc2cccc(C3CC3)c2)cc1Cl. The Labute approximate surface area is 128 Å². The van der Waals surface area contributed by atoms with E-state index in [9.17, 15) is 5.11 Å². The molecule has 3 rings (SSSR count). The average molecular weight is 308 g/mol. The van der Waals surface area contributed by atoms with Crippen molar-refractivity contribution in [1.82, 2.24) is 0 Å². The van der Waals surface area contributed by atoms with Crippen LogP contribution >= 0.6 is 23.2 Å². The fraction of sp³-hybridized carbons (Fsp3) is 0.250. The number of anilines is 1. The summed E-state index contributed by atoms with van der Waals surface area (Å²) in [5, 5.41) is 13.3. The minimum atomic E-state index is -0.0744. The number of nitrogens with one attached hydrogen (secondary N) is 1. The van der Waals surface area contributed by atoms with Gasteiger partial charge in [0.1, 0.15) is 0 Å². The highest BCUT2D eigenvalue weighted by Gasteiger charge is 2.23. The van der Waals surface area contributed by atoms with Crippen LogP contribution in [0.5, 0.6) is 5.75 Å². The van der Waals surface area contributed by atoms with E-state index in [-0.39, 0.29) is 15.8 Å². The topological polar surface area (TPSA) is 32.3 Å². The van der Waals surface area contributed by atoms with Gasteiger partial charge in [0.05, 0.1) is 10.0 Å². The van der Waals surface area contributed by atoms with E-state index in [4.69, 9.17) is 23.2 Å². The summed E-state index contributed by atoms with van der Waals surface area (Å²) < 4.78 is 0. The maximum atomic E-state index is 9.53. The lowest BCUT2D eigenvalue weighted by Crippen LogP contribution is -2.00. The number of hydrogen-bond donors (Lipinski definition) is 2. The molecule has 0 unspecified atom stereocenters. The van der Waals surface area contributed by atoms with Crippen molar-refractivity contribution in [2.75, 3.05) is 5.32 Å². The summed E-state index contributed by atoms with van der Waals surface area (Å²) in [4.78, 5) is 0. The average Bonchev–Trinajstić information content (AvgIpc) is 3.27. The zero-order valence-corrected chi connectivity index (χ0v) is 12.4. The molecule has 1 saturated carbocycles. The Morgan fingerprint density at radius 3 is 2.45 bits per heavy atom. The lowest BCUT2D eigenvalue weighted by Gasteiger charge is -2.10. The maximum absolute atomic E-state index is 9.53. The molecule has 1 fully saturated rings. The number of benzene rings is 2. The van der Waals surface area contributed by atoms with Gasteiger partial charge in [-0.3, -0.25) is 0 Å². The molecule has 20 heavy (non-hydrogen) atoms. The van der Waals surface area contributed by atoms with Gasteiger partial charge < -0.3 is 10.4 Å². The van der Waals surface area contributed by atoms with Gasteiger partial charge in [0.25, 0.3) is 0 Å². The van der Waals surface area contributed by atoms with E-state index < -0.39 is 0 Å². The van der Waals surface area contributed by atoms with Gasteiger partial charge in [-0.1, -0.05) is 47.5 Å². The predicted molar refractivity (Wildman–Crippen MR) is 83.9 cm³/mol. The largest absolute Gasteiger partial charge is 0.505 e. The van der Waals surface area contributed by atoms with E-state index in [0.717, 1.165) is 11.6 Å². The lowest BCUT2D eigenvalue weighted by molar-refractivity contribution is 0.476. The molecule has 2 aromatic rings. The molecule has 0 aromatic heterocycles. The van der Waals surface area contributed by atoms with Crippen LogP contribution in [0.2, 0.25) is 10.0 Å². The van der Waals surface area contributed by atoms with Gasteiger partial charge >= 0.3 is 0 Å². The summed E-state index contributed by atoms with van der Waals surface area (Å²) in [6, 6.07) is 12.0. The highest BCUT2D eigenvalue weighted by Crippen LogP contribution is 2.40. The second-order valence-corrected chi connectivity index (χ2v) is 5.98. The van der Waals surface area contributed by atoms with Crippen molar-refractivity contribution in [1.29, 1.82) is 0 Å². The Kier molecular flexibility index (Phi) is 3.77. The molecule has 0 saturated heterocycles. The molecule has 0 aliphatic heterocycles. The molecular weight excluding hydrogens is 293 g/mol. The molecule has 1 aliphatic rings. The van der Waals surface area contributed by atoms with E-state index >= 15 is 0 Å². The molecule has 2 aromatic carbocycles. The highest BCUT2D eigenvalue weighted by molar-refractivity contribution is 6.37. The monoisotopic (exact) mass is 307 g/mol. The third-order valence-electron chi connectivity index (χ3n) is 3.51. The number of phenolic OH excluding ortho intramolecular Hbond substituents is 1. The van der Waals surface area contributed by atoms with Crippen LogP contribution in [0.15, 0.2) is 36.4 Å². The van der Waals surface area contributed by atoms with E-state index in [1.807, 2.05) is 0 Å². The molecule has 0 bridgehead atoms. The summed E-state index contributed by atoms with van der Waals surface area (Å²) >= 11 is 11.8. The second-order valence-electron chi connectivity index (χ2n) is 5.16. The first kappa shape index (κ1) is 13.6. The summed E-state index contributed by atoms with van der Waals surface area (Å²) in [5.74, 6) is 0.683. The van der Waals surface area contributed by atoms with E-state index in [2.05, 4.69) is 29.6 Å². The molecule has 0 heterocycles. The van der Waals surface area contributed by atoms with Gasteiger partial charge in [-0.05, 0) is 42.0 Å². The van der Waals surface area contributed by atoms with Crippen molar-refractivity contribution in [2.24, 2.45) is 0 Å². The van der Waals surface area contributed by atoms with Crippen LogP contribution in [0.25, 0.3) is 0 Å². The van der Waals surface area contributed by atoms with Crippen molar-refractivity contribution in [3.63, 3.8) is 0 Å². The van der Waals surface area contributed by atoms with Gasteiger partial charge in [0, 0.05) is 12.2 Å². The summed E-state index contributed by atoms with van der Waals surface area (Å²) in [5.41, 5.74) is 3.45. The third kappa shape index (κ3) is 3.02. The van der Waals surface area contributed by atoms with Crippen LogP contribution in [-0.2, 0) is 6.54 Å². The number of phenols is 1. The summed E-state index contributed by atoms with van der Waals surface area (Å²) in [6.45, 7) is 0.706. The number of rotatable bonds is 4. The first-order valence-electron chi connectivity index (χ1n) is 6.64. The van der Waals surface area contributed by atoms with Crippen LogP contribution in [-0.4, -0.2) is 5.11 Å². The van der Waals surface area contributed by atoms with E-state index in [1.165, 1.54) is 24.0 Å². The highest BCUT2D eigenvalue weighted by atomic mass is 35.5. The standard InChI is InChI=1S/C16H15Cl2NO/c17-14-7-13(8-15(18)16(14)20)19-9-10-2-1-3-12(6-10)11-4-5-11/h1-3,6-8,11,19-20H,4-5,9H2. The maximum Gasteiger partial charge on any atom is 0.152 e. The Hall–Kier alpha value is -1.38. The van der Waals surface area contributed by atoms with Crippen LogP contribution in [0, 0.1) is 0 Å². The molecule has 2 nitrogen and oxygen atoms in total. The third-order valence-corrected chi connectivity index (χ3v) is 4.09. The minimum Gasteiger partial charge on any atom is -0.505 e. The molecule has 1 aliphatic carbocycles. The molecule has 0 spiro atoms. The molecule has 2 N–H and O–H groups in total. The van der Waals surface area contributed by atoms with Gasteiger partial charge in [-0.2, -0.15) is 0 Å². The molecule has 0 radical (unpaired) electrons. The van der Waals surface area contributed by atoms with Crippen LogP contribution in [0.4, 0.5) is 5.69 Å². The molecule has 4 heteroatoms. The van der Waals surface area contributed by atoms with E-state index in [1.54, 1.807) is 12.1 Å². The second kappa shape index (κ2) is 5.55. The zero-order chi connectivity index (χ0) is 14.1. The molecule has 0 atom stereocenters. The quantitative estimate of drug-likeness (QED) is 0.762. The Bertz CT molecular complexity index is 615. The van der Waals surface area contributed by atoms with Crippen LogP contribution in [0.3, 0.4) is 0 Å². The van der Waals surface area contributed by atoms with Crippen molar-refractivity contribution in [3.05, 3.63) is 57.6 Å². The van der Waals surface area contributed by atoms with Crippen LogP contribution in [0.1, 0.15) is 29.9 Å². The van der Waals surface area contributed by atoms with E-state index in [0.29, 0.717) is 6.54 Å². The predicted octanol–water partition coefficient (Wildman–Crippen LogP) is 5.19. The van der Waals surface area contributed by atoms with Crippen molar-refractivity contribution in [3.8, 4) is 5.75 Å². The van der Waals surface area contributed by atoms with Gasteiger partial charge in [-0.25, -0.2) is 0 Å². The van der Waals surface area contributed by atoms with Crippen molar-refractivity contribution in [2.45, 2.75) is 25.3 Å². The Balaban J connectivity index is 1.71. The van der Waals surface area contributed by atoms with Gasteiger partial charge in [0.2, 0.25) is 0 Å². The number of halogens is 2. The smallest absolute Gasteiger partial charge is 0.152 e. The zero-order valence-electron chi connectivity index (χ0n) is 10.9. The molecule has 0 amide bonds. The number of aromatic hydroxyl groups is 1. The summed E-state index contributed by atoms with van der Waals surface area (Å²) in [7, 11) is 0. The van der Waals surface area contributed by atoms with Crippen LogP contribution < -0.4 is 5.32 Å². The normalized spacial score (nSPS) is 14.3. The summed E-state index contributed by atoms with van der Waals surface area (Å²) in [6.07, 6.45) is 2.61. The van der Waals surface area contributed by atoms with Gasteiger partial charge in [-0.15, -0.1) is 0 Å². The Morgan fingerprint density at radius 2 is 1.80 bits per heavy atom. The van der Waals surface area contributed by atoms with Crippen molar-refractivity contribution < 1.29 is 5.11 Å². The Morgan fingerprint density at radius 1 is 1.10 bits per heavy atom. The fourth-order valence-corrected chi connectivity index (χ4v) is 2.73. The fourth-order valence-electron chi connectivity index (χ4n) is 2.25. The van der Waals surface area contributed by atoms with Gasteiger partial charge in [0.15, 0.2) is 5.75 Å². The lowest BCUT2D eigenvalue weighted by atomic mass is 10.1. The first-order chi connectivity index (χ1) is 9.63. The number of hydrogen-bond acceptors (Lipinski definition) is 2. The molecular formula is C16H15Cl2NO. The first-order valence-corrected chi connectivity index (χ1v) is 7.40. The molecule has 104 valence electrons. The minimum absolute atomic E-state index is 0.0744. The van der Waals surface area contributed by atoms with Crippen molar-refractivity contribution >= 4 is 28.9 Å².